The van der Waals surface area contributed by atoms with Crippen molar-refractivity contribution in [1.82, 2.24) is 0 Å². The molecule has 3 aromatic carbocycles. The van der Waals surface area contributed by atoms with Crippen LogP contribution in [0.25, 0.3) is 32.3 Å². The van der Waals surface area contributed by atoms with Gasteiger partial charge in [-0.05, 0) is 29.3 Å². The van der Waals surface area contributed by atoms with Crippen LogP contribution in [0, 0.1) is 6.57 Å². The number of rotatable bonds is 9. The number of nitrogens with zero attached hydrogens (tertiary/aromatic N) is 3. The van der Waals surface area contributed by atoms with Crippen molar-refractivity contribution in [1.29, 1.82) is 0 Å². The molecule has 0 radical (unpaired) electrons. The molecule has 0 N–H and O–H groups in total. The molecule has 0 bridgehead atoms. The van der Waals surface area contributed by atoms with Gasteiger partial charge in [0, 0.05) is 24.8 Å². The van der Waals surface area contributed by atoms with Crippen molar-refractivity contribution >= 4 is 59.2 Å². The molecule has 13 heteroatoms. The van der Waals surface area contributed by atoms with Gasteiger partial charge in [-0.2, -0.15) is 4.57 Å². The topological polar surface area (TPSA) is 135 Å². The standard InChI is InChI=1S/C27H23N3O7S3/c1-28-21-9-10-24-22(17-21)29(13-15-40(34,35)36)26(37-24)18-27-30(12-5-14-39(31,32)33)23-16-20(8-11-25(23)38-27)19-6-3-2-4-7-19/h2-4,6-11,16-18H,5,12-15H2,(H-,31,32,33,34,35,36)/p-1. The van der Waals surface area contributed by atoms with E-state index in [9.17, 15) is 25.9 Å². The molecule has 4 aromatic rings. The monoisotopic (exact) mass is 596 g/mol. The first-order chi connectivity index (χ1) is 19.0. The van der Waals surface area contributed by atoms with Crippen LogP contribution >= 0.6 is 11.3 Å². The largest absolute Gasteiger partial charge is 0.748 e. The van der Waals surface area contributed by atoms with Crippen LogP contribution < -0.4 is 14.2 Å². The number of hydrogen-bond donors (Lipinski definition) is 0. The van der Waals surface area contributed by atoms with Crippen LogP contribution in [0.15, 0.2) is 72.6 Å². The molecule has 0 saturated heterocycles. The number of aryl methyl sites for hydroxylation is 1. The van der Waals surface area contributed by atoms with Crippen molar-refractivity contribution in [2.75, 3.05) is 23.0 Å². The fourth-order valence-corrected chi connectivity index (χ4v) is 6.44. The SMILES string of the molecule is [C-]#[N+]c1ccc2c(c1)N(CCS(=O)(=O)[O-])/C(=C/c1sc3ccc(-c4ccccc4)cc3[n+]1CCCS(=O)(=O)[O-])O2. The number of fused-ring (bicyclic) bond motifs is 2. The summed E-state index contributed by atoms with van der Waals surface area (Å²) in [6, 6.07) is 20.4. The second kappa shape index (κ2) is 11.0. The molecule has 40 heavy (non-hydrogen) atoms. The Hall–Kier alpha value is -3.80. The zero-order chi connectivity index (χ0) is 28.5. The first kappa shape index (κ1) is 27.8. The highest BCUT2D eigenvalue weighted by atomic mass is 32.2. The minimum absolute atomic E-state index is 0.0850. The summed E-state index contributed by atoms with van der Waals surface area (Å²) in [5.41, 5.74) is 3.55. The van der Waals surface area contributed by atoms with E-state index in [2.05, 4.69) is 4.85 Å². The summed E-state index contributed by atoms with van der Waals surface area (Å²) in [7, 11) is -8.94. The summed E-state index contributed by atoms with van der Waals surface area (Å²) in [6.45, 7) is 7.35. The molecule has 206 valence electrons. The van der Waals surface area contributed by atoms with Gasteiger partial charge < -0.3 is 18.7 Å². The van der Waals surface area contributed by atoms with E-state index in [0.717, 1.165) is 21.3 Å². The fraction of sp³-hybridized carbons (Fsp3) is 0.185. The third-order valence-corrected chi connectivity index (χ3v) is 8.85. The summed E-state index contributed by atoms with van der Waals surface area (Å²) in [5, 5.41) is 0.659. The lowest BCUT2D eigenvalue weighted by atomic mass is 10.1. The first-order valence-corrected chi connectivity index (χ1v) is 16.1. The van der Waals surface area contributed by atoms with E-state index in [0.29, 0.717) is 22.1 Å². The quantitative estimate of drug-likeness (QED) is 0.160. The highest BCUT2D eigenvalue weighted by Crippen LogP contribution is 2.42. The Labute approximate surface area is 235 Å². The molecule has 2 heterocycles. The molecule has 10 nitrogen and oxygen atoms in total. The van der Waals surface area contributed by atoms with Gasteiger partial charge in [-0.1, -0.05) is 53.8 Å². The first-order valence-electron chi connectivity index (χ1n) is 12.1. The summed E-state index contributed by atoms with van der Waals surface area (Å²) in [6.07, 6.45) is 1.77. The summed E-state index contributed by atoms with van der Waals surface area (Å²) in [5.74, 6) is -0.552. The lowest BCUT2D eigenvalue weighted by molar-refractivity contribution is -0.668. The van der Waals surface area contributed by atoms with Crippen molar-refractivity contribution in [2.24, 2.45) is 0 Å². The third kappa shape index (κ3) is 6.33. The van der Waals surface area contributed by atoms with E-state index in [1.807, 2.05) is 53.1 Å². The average molecular weight is 597 g/mol. The van der Waals surface area contributed by atoms with E-state index in [1.54, 1.807) is 24.3 Å². The van der Waals surface area contributed by atoms with Gasteiger partial charge in [-0.15, -0.1) is 0 Å². The van der Waals surface area contributed by atoms with Crippen molar-refractivity contribution in [2.45, 2.75) is 13.0 Å². The fourth-order valence-electron chi connectivity index (χ4n) is 4.45. The van der Waals surface area contributed by atoms with E-state index < -0.39 is 31.7 Å². The van der Waals surface area contributed by atoms with Gasteiger partial charge in [0.05, 0.1) is 44.3 Å². The molecule has 0 unspecified atom stereocenters. The number of thiazole rings is 1. The van der Waals surface area contributed by atoms with Crippen molar-refractivity contribution < 1.29 is 35.2 Å². The second-order valence-electron chi connectivity index (χ2n) is 9.02. The van der Waals surface area contributed by atoms with Crippen molar-refractivity contribution in [3.05, 3.63) is 89.0 Å². The molecule has 0 spiro atoms. The van der Waals surface area contributed by atoms with Crippen molar-refractivity contribution in [3.63, 3.8) is 0 Å². The van der Waals surface area contributed by atoms with Gasteiger partial charge in [0.15, 0.2) is 18.0 Å². The molecule has 1 aliphatic rings. The Morgan fingerprint density at radius 1 is 0.950 bits per heavy atom. The summed E-state index contributed by atoms with van der Waals surface area (Å²) in [4.78, 5) is 4.96. The Balaban J connectivity index is 1.60. The van der Waals surface area contributed by atoms with Gasteiger partial charge in [-0.25, -0.2) is 21.7 Å². The molecule has 0 amide bonds. The predicted molar refractivity (Wildman–Crippen MR) is 150 cm³/mol. The average Bonchev–Trinajstić information content (AvgIpc) is 3.43. The van der Waals surface area contributed by atoms with Crippen LogP contribution in [0.1, 0.15) is 11.4 Å². The zero-order valence-corrected chi connectivity index (χ0v) is 23.3. The lowest BCUT2D eigenvalue weighted by Gasteiger charge is -2.19. The summed E-state index contributed by atoms with van der Waals surface area (Å²) >= 11 is 1.41. The van der Waals surface area contributed by atoms with Gasteiger partial charge >= 0.3 is 0 Å². The minimum Gasteiger partial charge on any atom is -0.748 e. The van der Waals surface area contributed by atoms with Crippen LogP contribution in [-0.4, -0.2) is 44.0 Å². The number of benzene rings is 3. The van der Waals surface area contributed by atoms with Crippen LogP contribution in [-0.2, 0) is 26.8 Å². The van der Waals surface area contributed by atoms with Crippen LogP contribution in [0.2, 0.25) is 0 Å². The molecule has 0 saturated carbocycles. The molecular formula is C27H22N3O7S3-. The number of aromatic nitrogens is 1. The van der Waals surface area contributed by atoms with Gasteiger partial charge in [0.25, 0.3) is 5.01 Å². The molecular weight excluding hydrogens is 575 g/mol. The lowest BCUT2D eigenvalue weighted by Crippen LogP contribution is -2.36. The number of anilines is 1. The molecule has 1 aromatic heterocycles. The van der Waals surface area contributed by atoms with Gasteiger partial charge in [-0.3, -0.25) is 0 Å². The Morgan fingerprint density at radius 2 is 1.70 bits per heavy atom. The molecule has 5 rings (SSSR count). The maximum absolute atomic E-state index is 11.4. The van der Waals surface area contributed by atoms with E-state index in [4.69, 9.17) is 11.3 Å². The Bertz CT molecular complexity index is 1880. The minimum atomic E-state index is -4.54. The molecule has 0 aliphatic carbocycles. The zero-order valence-electron chi connectivity index (χ0n) is 20.9. The second-order valence-corrected chi connectivity index (χ2v) is 13.1. The normalized spacial score (nSPS) is 14.3. The number of ether oxygens (including phenoxy) is 1. The predicted octanol–water partition coefficient (Wildman–Crippen LogP) is 4.08. The van der Waals surface area contributed by atoms with E-state index in [-0.39, 0.29) is 25.4 Å². The van der Waals surface area contributed by atoms with Crippen LogP contribution in [0.5, 0.6) is 5.75 Å². The molecule has 0 atom stereocenters. The van der Waals surface area contributed by atoms with Crippen molar-refractivity contribution in [3.8, 4) is 16.9 Å². The maximum atomic E-state index is 11.4. The Kier molecular flexibility index (Phi) is 7.63. The molecule has 0 fully saturated rings. The van der Waals surface area contributed by atoms with E-state index >= 15 is 0 Å². The van der Waals surface area contributed by atoms with Crippen LogP contribution in [0.4, 0.5) is 11.4 Å². The Morgan fingerprint density at radius 3 is 2.40 bits per heavy atom. The van der Waals surface area contributed by atoms with Gasteiger partial charge in [0.2, 0.25) is 11.4 Å². The van der Waals surface area contributed by atoms with E-state index in [1.165, 1.54) is 16.2 Å². The van der Waals surface area contributed by atoms with Crippen LogP contribution in [0.3, 0.4) is 0 Å². The number of hydrogen-bond acceptors (Lipinski definition) is 9. The highest BCUT2D eigenvalue weighted by Gasteiger charge is 2.30. The maximum Gasteiger partial charge on any atom is 0.268 e. The third-order valence-electron chi connectivity index (χ3n) is 6.27. The smallest absolute Gasteiger partial charge is 0.268 e. The highest BCUT2D eigenvalue weighted by molar-refractivity contribution is 7.85. The van der Waals surface area contributed by atoms with Gasteiger partial charge in [0.1, 0.15) is 4.70 Å². The molecule has 1 aliphatic heterocycles. The summed E-state index contributed by atoms with van der Waals surface area (Å²) < 4.78 is 77.0.